The van der Waals surface area contributed by atoms with Crippen LogP contribution in [0.1, 0.15) is 48.7 Å². The maximum Gasteiger partial charge on any atom is 0.252 e. The number of carbonyl (C=O) groups is 1. The van der Waals surface area contributed by atoms with Crippen LogP contribution in [-0.2, 0) is 0 Å². The van der Waals surface area contributed by atoms with Crippen molar-refractivity contribution in [3.05, 3.63) is 40.5 Å². The number of carbonyl (C=O) groups excluding carboxylic acids is 1. The van der Waals surface area contributed by atoms with Gasteiger partial charge in [0.2, 0.25) is 0 Å². The zero-order chi connectivity index (χ0) is 15.9. The molecule has 1 aromatic heterocycles. The van der Waals surface area contributed by atoms with Gasteiger partial charge in [-0.2, -0.15) is 0 Å². The Morgan fingerprint density at radius 3 is 2.58 bits per heavy atom. The fourth-order valence-corrected chi connectivity index (χ4v) is 2.59. The van der Waals surface area contributed by atoms with Gasteiger partial charge >= 0.3 is 0 Å². The van der Waals surface area contributed by atoms with Crippen molar-refractivity contribution in [3.63, 3.8) is 0 Å². The van der Waals surface area contributed by atoms with Crippen molar-refractivity contribution < 1.29 is 4.79 Å². The largest absolute Gasteiger partial charge is 0.346 e. The number of nitrogens with one attached hydrogen (secondary N) is 1. The monoisotopic (exact) mass is 389 g/mol. The van der Waals surface area contributed by atoms with E-state index >= 15 is 0 Å². The molecule has 3 N–H and O–H groups in total. The van der Waals surface area contributed by atoms with Gasteiger partial charge in [-0.05, 0) is 51.0 Å². The summed E-state index contributed by atoms with van der Waals surface area (Å²) in [7, 11) is 0. The number of pyridine rings is 1. The normalized spacial score (nSPS) is 13.8. The first-order chi connectivity index (χ1) is 10.4. The number of hydrogen-bond donors (Lipinski definition) is 2. The van der Waals surface area contributed by atoms with Gasteiger partial charge in [0.05, 0.1) is 11.1 Å². The smallest absolute Gasteiger partial charge is 0.252 e. The highest BCUT2D eigenvalue weighted by Crippen LogP contribution is 2.40. The first kappa shape index (κ1) is 21.0. The lowest BCUT2D eigenvalue weighted by Gasteiger charge is -2.24. The lowest BCUT2D eigenvalue weighted by atomic mass is 10.0. The maximum atomic E-state index is 12.7. The van der Waals surface area contributed by atoms with E-state index in [1.54, 1.807) is 12.1 Å². The minimum absolute atomic E-state index is 0. The van der Waals surface area contributed by atoms with E-state index in [9.17, 15) is 4.79 Å². The molecule has 7 heteroatoms. The lowest BCUT2D eigenvalue weighted by Crippen LogP contribution is -2.48. The van der Waals surface area contributed by atoms with Gasteiger partial charge in [-0.3, -0.25) is 9.78 Å². The van der Waals surface area contributed by atoms with E-state index in [1.165, 1.54) is 0 Å². The molecule has 4 nitrogen and oxygen atoms in total. The van der Waals surface area contributed by atoms with E-state index in [1.807, 2.05) is 26.0 Å². The molecule has 2 aromatic rings. The van der Waals surface area contributed by atoms with Crippen LogP contribution in [0.15, 0.2) is 24.3 Å². The molecule has 1 fully saturated rings. The summed E-state index contributed by atoms with van der Waals surface area (Å²) in [5.74, 6) is 0.348. The van der Waals surface area contributed by atoms with Crippen molar-refractivity contribution in [2.45, 2.75) is 38.1 Å². The molecular formula is C17H22Cl3N3O. The number of benzene rings is 1. The van der Waals surface area contributed by atoms with Gasteiger partial charge in [0, 0.05) is 34.1 Å². The van der Waals surface area contributed by atoms with Gasteiger partial charge < -0.3 is 11.1 Å². The molecule has 0 bridgehead atoms. The Kier molecular flexibility index (Phi) is 6.88. The molecule has 0 atom stereocenters. The maximum absolute atomic E-state index is 12.7. The minimum atomic E-state index is -0.453. The van der Waals surface area contributed by atoms with E-state index in [4.69, 9.17) is 17.3 Å². The van der Waals surface area contributed by atoms with E-state index in [-0.39, 0.29) is 30.7 Å². The third-order valence-corrected chi connectivity index (χ3v) is 4.23. The zero-order valence-electron chi connectivity index (χ0n) is 13.6. The number of rotatable bonds is 4. The number of hydrogen-bond acceptors (Lipinski definition) is 3. The topological polar surface area (TPSA) is 68.0 Å². The van der Waals surface area contributed by atoms with Crippen molar-refractivity contribution in [1.29, 1.82) is 0 Å². The fourth-order valence-electron chi connectivity index (χ4n) is 2.42. The van der Waals surface area contributed by atoms with E-state index < -0.39 is 5.54 Å². The predicted molar refractivity (Wildman–Crippen MR) is 104 cm³/mol. The minimum Gasteiger partial charge on any atom is -0.346 e. The third kappa shape index (κ3) is 4.51. The zero-order valence-corrected chi connectivity index (χ0v) is 16.0. The number of fused-ring (bicyclic) bond motifs is 1. The molecule has 1 aliphatic carbocycles. The SMILES string of the molecule is CC(C)(CN)NC(=O)c1cc(C2CC2)nc2ccc(Cl)cc12.Cl.Cl. The van der Waals surface area contributed by atoms with Crippen molar-refractivity contribution in [2.24, 2.45) is 5.73 Å². The van der Waals surface area contributed by atoms with Crippen LogP contribution in [0.5, 0.6) is 0 Å². The van der Waals surface area contributed by atoms with Gasteiger partial charge in [-0.15, -0.1) is 24.8 Å². The second-order valence-electron chi connectivity index (χ2n) is 6.57. The number of nitrogens with two attached hydrogens (primary N) is 1. The van der Waals surface area contributed by atoms with Gasteiger partial charge in [-0.25, -0.2) is 0 Å². The van der Waals surface area contributed by atoms with Crippen LogP contribution in [0.25, 0.3) is 10.9 Å². The molecule has 1 amide bonds. The summed E-state index contributed by atoms with van der Waals surface area (Å²) in [5.41, 5.74) is 7.68. The molecular weight excluding hydrogens is 369 g/mol. The summed E-state index contributed by atoms with van der Waals surface area (Å²) in [5, 5.41) is 4.36. The van der Waals surface area contributed by atoms with Gasteiger partial charge in [-0.1, -0.05) is 11.6 Å². The number of halogens is 3. The highest BCUT2D eigenvalue weighted by atomic mass is 35.5. The Morgan fingerprint density at radius 2 is 2.00 bits per heavy atom. The summed E-state index contributed by atoms with van der Waals surface area (Å²) in [6.45, 7) is 4.18. The van der Waals surface area contributed by atoms with Crippen LogP contribution < -0.4 is 11.1 Å². The lowest BCUT2D eigenvalue weighted by molar-refractivity contribution is 0.0917. The molecule has 1 aromatic carbocycles. The molecule has 1 heterocycles. The van der Waals surface area contributed by atoms with Crippen molar-refractivity contribution >= 4 is 53.2 Å². The standard InChI is InChI=1S/C17H20ClN3O.2ClH/c1-17(2,9-19)21-16(22)13-8-15(10-3-4-10)20-14-6-5-11(18)7-12(13)14;;/h5-8,10H,3-4,9,19H2,1-2H3,(H,21,22);2*1H. The van der Waals surface area contributed by atoms with E-state index in [2.05, 4.69) is 10.3 Å². The van der Waals surface area contributed by atoms with Crippen molar-refractivity contribution in [2.75, 3.05) is 6.54 Å². The number of aromatic nitrogens is 1. The number of amides is 1. The van der Waals surface area contributed by atoms with E-state index in [0.29, 0.717) is 23.0 Å². The third-order valence-electron chi connectivity index (χ3n) is 3.99. The molecule has 0 radical (unpaired) electrons. The molecule has 0 saturated heterocycles. The Bertz CT molecular complexity index is 745. The molecule has 0 aliphatic heterocycles. The quantitative estimate of drug-likeness (QED) is 0.826. The molecule has 24 heavy (non-hydrogen) atoms. The molecule has 1 aliphatic rings. The highest BCUT2D eigenvalue weighted by molar-refractivity contribution is 6.31. The summed E-state index contributed by atoms with van der Waals surface area (Å²) >= 11 is 6.09. The number of nitrogens with zero attached hydrogens (tertiary/aromatic N) is 1. The fraction of sp³-hybridized carbons (Fsp3) is 0.412. The van der Waals surface area contributed by atoms with Crippen LogP contribution in [0.4, 0.5) is 0 Å². The van der Waals surface area contributed by atoms with Gasteiger partial charge in [0.1, 0.15) is 0 Å². The first-order valence-corrected chi connectivity index (χ1v) is 7.90. The Hall–Kier alpha value is -1.07. The summed E-state index contributed by atoms with van der Waals surface area (Å²) in [6.07, 6.45) is 2.28. The molecule has 132 valence electrons. The van der Waals surface area contributed by atoms with Crippen molar-refractivity contribution in [3.8, 4) is 0 Å². The first-order valence-electron chi connectivity index (χ1n) is 7.52. The van der Waals surface area contributed by atoms with Gasteiger partial charge in [0.25, 0.3) is 5.91 Å². The Labute approximate surface area is 159 Å². The molecule has 3 rings (SSSR count). The van der Waals surface area contributed by atoms with Crippen LogP contribution in [0.2, 0.25) is 5.02 Å². The Morgan fingerprint density at radius 1 is 1.33 bits per heavy atom. The van der Waals surface area contributed by atoms with Crippen LogP contribution in [-0.4, -0.2) is 23.0 Å². The molecule has 0 spiro atoms. The van der Waals surface area contributed by atoms with Crippen LogP contribution in [0, 0.1) is 0 Å². The second kappa shape index (κ2) is 7.87. The summed E-state index contributed by atoms with van der Waals surface area (Å²) in [4.78, 5) is 17.4. The van der Waals surface area contributed by atoms with Gasteiger partial charge in [0.15, 0.2) is 0 Å². The molecule has 0 unspecified atom stereocenters. The van der Waals surface area contributed by atoms with Crippen molar-refractivity contribution in [1.82, 2.24) is 10.3 Å². The molecule has 1 saturated carbocycles. The predicted octanol–water partition coefficient (Wildman–Crippen LogP) is 4.08. The average Bonchev–Trinajstić information content (AvgIpc) is 3.30. The highest BCUT2D eigenvalue weighted by Gasteiger charge is 2.28. The van der Waals surface area contributed by atoms with Crippen LogP contribution in [0.3, 0.4) is 0 Å². The summed E-state index contributed by atoms with van der Waals surface area (Å²) in [6, 6.07) is 7.37. The second-order valence-corrected chi connectivity index (χ2v) is 7.01. The average molecular weight is 391 g/mol. The van der Waals surface area contributed by atoms with Crippen LogP contribution >= 0.6 is 36.4 Å². The Balaban J connectivity index is 0.00000144. The summed E-state index contributed by atoms with van der Waals surface area (Å²) < 4.78 is 0. The van der Waals surface area contributed by atoms with E-state index in [0.717, 1.165) is 29.4 Å².